The van der Waals surface area contributed by atoms with Gasteiger partial charge in [-0.2, -0.15) is 8.78 Å². The Morgan fingerprint density at radius 1 is 1.12 bits per heavy atom. The molecule has 0 amide bonds. The predicted molar refractivity (Wildman–Crippen MR) is 98.0 cm³/mol. The number of nitrogens with zero attached hydrogens (tertiary/aromatic N) is 4. The summed E-state index contributed by atoms with van der Waals surface area (Å²) in [5.41, 5.74) is 1.71. The minimum atomic E-state index is -2.67. The average Bonchev–Trinajstić information content (AvgIpc) is 3.24. The van der Waals surface area contributed by atoms with Gasteiger partial charge >= 0.3 is 6.55 Å². The molecule has 4 rings (SSSR count). The first-order chi connectivity index (χ1) is 12.6. The molecular weight excluding hydrogens is 426 g/mol. The lowest BCUT2D eigenvalue weighted by Gasteiger charge is -2.06. The summed E-state index contributed by atoms with van der Waals surface area (Å²) < 4.78 is 34.3. The highest BCUT2D eigenvalue weighted by molar-refractivity contribution is 9.10. The molecule has 2 aromatic carbocycles. The maximum Gasteiger partial charge on any atom is 0.320 e. The van der Waals surface area contributed by atoms with Crippen molar-refractivity contribution in [2.24, 2.45) is 0 Å². The normalized spacial score (nSPS) is 11.5. The fourth-order valence-electron chi connectivity index (χ4n) is 2.55. The Morgan fingerprint density at radius 2 is 1.96 bits per heavy atom. The molecule has 0 aliphatic heterocycles. The molecule has 0 bridgehead atoms. The highest BCUT2D eigenvalue weighted by atomic mass is 79.9. The summed E-state index contributed by atoms with van der Waals surface area (Å²) in [6.45, 7) is -2.67. The Morgan fingerprint density at radius 3 is 2.77 bits per heavy atom. The van der Waals surface area contributed by atoms with Crippen LogP contribution in [0.2, 0.25) is 0 Å². The van der Waals surface area contributed by atoms with Crippen LogP contribution in [0, 0.1) is 0 Å². The highest BCUT2D eigenvalue weighted by Crippen LogP contribution is 2.30. The largest absolute Gasteiger partial charge is 0.411 e. The average molecular weight is 437 g/mol. The van der Waals surface area contributed by atoms with Crippen LogP contribution in [0.25, 0.3) is 22.5 Å². The van der Waals surface area contributed by atoms with E-state index in [9.17, 15) is 8.78 Å². The fraction of sp³-hybridized carbons (Fsp3) is 0.118. The van der Waals surface area contributed by atoms with Crippen LogP contribution in [0.3, 0.4) is 0 Å². The molecule has 9 heteroatoms. The van der Waals surface area contributed by atoms with E-state index in [1.54, 1.807) is 24.3 Å². The summed E-state index contributed by atoms with van der Waals surface area (Å²) in [6, 6.07) is 14.3. The number of halogens is 3. The molecule has 0 N–H and O–H groups in total. The Bertz CT molecular complexity index is 1070. The van der Waals surface area contributed by atoms with Crippen LogP contribution in [0.4, 0.5) is 8.78 Å². The number of hydrogen-bond donors (Lipinski definition) is 0. The second-order valence-corrected chi connectivity index (χ2v) is 7.18. The van der Waals surface area contributed by atoms with Gasteiger partial charge in [-0.05, 0) is 30.3 Å². The van der Waals surface area contributed by atoms with E-state index in [1.807, 2.05) is 24.3 Å². The zero-order chi connectivity index (χ0) is 18.1. The lowest BCUT2D eigenvalue weighted by Crippen LogP contribution is -2.03. The van der Waals surface area contributed by atoms with Gasteiger partial charge in [0.2, 0.25) is 5.89 Å². The smallest absolute Gasteiger partial charge is 0.320 e. The van der Waals surface area contributed by atoms with E-state index in [-0.39, 0.29) is 11.6 Å². The number of imidazole rings is 1. The third-order valence-corrected chi connectivity index (χ3v) is 4.97. The van der Waals surface area contributed by atoms with Gasteiger partial charge < -0.3 is 4.42 Å². The molecule has 0 unspecified atom stereocenters. The summed E-state index contributed by atoms with van der Waals surface area (Å²) in [7, 11) is 0. The first-order valence-electron chi connectivity index (χ1n) is 7.58. The lowest BCUT2D eigenvalue weighted by atomic mass is 10.2. The van der Waals surface area contributed by atoms with E-state index in [0.717, 1.165) is 14.6 Å². The minimum absolute atomic E-state index is 0.194. The zero-order valence-corrected chi connectivity index (χ0v) is 15.5. The van der Waals surface area contributed by atoms with Crippen molar-refractivity contribution in [3.63, 3.8) is 0 Å². The molecule has 0 saturated carbocycles. The van der Waals surface area contributed by atoms with Crippen molar-refractivity contribution < 1.29 is 13.2 Å². The molecule has 0 aliphatic rings. The number of hydrogen-bond acceptors (Lipinski definition) is 5. The molecule has 132 valence electrons. The monoisotopic (exact) mass is 436 g/mol. The summed E-state index contributed by atoms with van der Waals surface area (Å²) in [5.74, 6) is 0.823. The van der Waals surface area contributed by atoms with E-state index < -0.39 is 6.55 Å². The van der Waals surface area contributed by atoms with Crippen LogP contribution in [-0.4, -0.2) is 19.7 Å². The summed E-state index contributed by atoms with van der Waals surface area (Å²) in [5, 5.41) is 8.28. The van der Waals surface area contributed by atoms with Gasteiger partial charge in [-0.15, -0.1) is 10.2 Å². The van der Waals surface area contributed by atoms with Crippen molar-refractivity contribution in [1.29, 1.82) is 0 Å². The van der Waals surface area contributed by atoms with E-state index >= 15 is 0 Å². The van der Waals surface area contributed by atoms with E-state index in [1.165, 1.54) is 11.8 Å². The van der Waals surface area contributed by atoms with Crippen molar-refractivity contribution in [3.8, 4) is 11.5 Å². The third-order valence-electron chi connectivity index (χ3n) is 3.67. The van der Waals surface area contributed by atoms with E-state index in [2.05, 4.69) is 31.1 Å². The second-order valence-electron chi connectivity index (χ2n) is 5.34. The van der Waals surface area contributed by atoms with Crippen LogP contribution in [0.1, 0.15) is 12.4 Å². The third kappa shape index (κ3) is 3.36. The topological polar surface area (TPSA) is 56.7 Å². The van der Waals surface area contributed by atoms with Crippen molar-refractivity contribution >= 4 is 38.7 Å². The highest BCUT2D eigenvalue weighted by Gasteiger charge is 2.18. The van der Waals surface area contributed by atoms with Gasteiger partial charge in [0.15, 0.2) is 0 Å². The molecule has 26 heavy (non-hydrogen) atoms. The Hall–Kier alpha value is -2.26. The SMILES string of the molecule is FC(F)n1c(CSc2nnc(-c3cccc(Br)c3)o2)nc2ccccc21. The molecule has 0 spiro atoms. The van der Waals surface area contributed by atoms with Crippen LogP contribution in [-0.2, 0) is 5.75 Å². The molecule has 5 nitrogen and oxygen atoms in total. The predicted octanol–water partition coefficient (Wildman–Crippen LogP) is 5.54. The van der Waals surface area contributed by atoms with Crippen molar-refractivity contribution in [3.05, 3.63) is 58.8 Å². The van der Waals surface area contributed by atoms with Gasteiger partial charge in [0.05, 0.1) is 16.8 Å². The molecule has 4 aromatic rings. The minimum Gasteiger partial charge on any atom is -0.411 e. The van der Waals surface area contributed by atoms with E-state index in [0.29, 0.717) is 22.1 Å². The van der Waals surface area contributed by atoms with Gasteiger partial charge in [-0.1, -0.05) is 45.9 Å². The van der Waals surface area contributed by atoms with Crippen LogP contribution < -0.4 is 0 Å². The molecule has 0 radical (unpaired) electrons. The Balaban J connectivity index is 1.57. The van der Waals surface area contributed by atoms with Gasteiger partial charge in [0.1, 0.15) is 5.82 Å². The number of rotatable bonds is 5. The van der Waals surface area contributed by atoms with Gasteiger partial charge in [0, 0.05) is 10.0 Å². The summed E-state index contributed by atoms with van der Waals surface area (Å²) in [4.78, 5) is 4.29. The van der Waals surface area contributed by atoms with Gasteiger partial charge in [-0.3, -0.25) is 4.57 Å². The fourth-order valence-corrected chi connectivity index (χ4v) is 3.64. The Labute approximate surface area is 159 Å². The summed E-state index contributed by atoms with van der Waals surface area (Å²) in [6.07, 6.45) is 0. The summed E-state index contributed by atoms with van der Waals surface area (Å²) >= 11 is 4.56. The van der Waals surface area contributed by atoms with Crippen molar-refractivity contribution in [2.75, 3.05) is 0 Å². The van der Waals surface area contributed by atoms with Crippen LogP contribution >= 0.6 is 27.7 Å². The van der Waals surface area contributed by atoms with E-state index in [4.69, 9.17) is 4.42 Å². The molecular formula is C17H11BrF2N4OS. The standard InChI is InChI=1S/C17H11BrF2N4OS/c18-11-5-3-4-10(8-11)15-22-23-17(25-15)26-9-14-21-12-6-1-2-7-13(12)24(14)16(19)20/h1-8,16H,9H2. The van der Waals surface area contributed by atoms with Crippen LogP contribution in [0.5, 0.6) is 0 Å². The maximum atomic E-state index is 13.4. The Kier molecular flexibility index (Phi) is 4.73. The number of aromatic nitrogens is 4. The first kappa shape index (κ1) is 17.2. The molecule has 0 atom stereocenters. The lowest BCUT2D eigenvalue weighted by molar-refractivity contribution is 0.0722. The van der Waals surface area contributed by atoms with Gasteiger partial charge in [-0.25, -0.2) is 4.98 Å². The number of benzene rings is 2. The number of alkyl halides is 2. The van der Waals surface area contributed by atoms with Crippen molar-refractivity contribution in [2.45, 2.75) is 17.5 Å². The quantitative estimate of drug-likeness (QED) is 0.384. The molecule has 2 aromatic heterocycles. The van der Waals surface area contributed by atoms with Gasteiger partial charge in [0.25, 0.3) is 5.22 Å². The second kappa shape index (κ2) is 7.16. The number of fused-ring (bicyclic) bond motifs is 1. The number of thioether (sulfide) groups is 1. The zero-order valence-electron chi connectivity index (χ0n) is 13.1. The molecule has 0 fully saturated rings. The molecule has 0 aliphatic carbocycles. The molecule has 0 saturated heterocycles. The van der Waals surface area contributed by atoms with Crippen LogP contribution in [0.15, 0.2) is 62.6 Å². The molecule has 2 heterocycles. The first-order valence-corrected chi connectivity index (χ1v) is 9.36. The maximum absolute atomic E-state index is 13.4. The number of para-hydroxylation sites is 2. The van der Waals surface area contributed by atoms with Crippen molar-refractivity contribution in [1.82, 2.24) is 19.7 Å².